The number of ether oxygens (including phenoxy) is 1. The van der Waals surface area contributed by atoms with E-state index in [0.717, 1.165) is 13.2 Å². The van der Waals surface area contributed by atoms with Crippen molar-refractivity contribution >= 4 is 21.5 Å². The lowest BCUT2D eigenvalue weighted by molar-refractivity contribution is -0.385. The van der Waals surface area contributed by atoms with Gasteiger partial charge in [-0.05, 0) is 13.0 Å². The Hall–Kier alpha value is -1.96. The Bertz CT molecular complexity index is 580. The number of rotatable bonds is 4. The fourth-order valence-corrected chi connectivity index (χ4v) is 2.58. The van der Waals surface area contributed by atoms with Crippen LogP contribution in [0.1, 0.15) is 6.92 Å². The summed E-state index contributed by atoms with van der Waals surface area (Å²) in [7, 11) is -2.91. The molecule has 1 aromatic rings. The molecule has 0 aliphatic carbocycles. The SMILES string of the molecule is COC(=O)C(C)S(=O)(=O)c1cccc([N+](=O)[O-])c1. The molecule has 1 aromatic carbocycles. The number of benzene rings is 1. The molecule has 0 spiro atoms. The highest BCUT2D eigenvalue weighted by Gasteiger charge is 2.31. The number of carbonyl (C=O) groups is 1. The summed E-state index contributed by atoms with van der Waals surface area (Å²) in [5, 5.41) is 9.15. The second kappa shape index (κ2) is 5.13. The third kappa shape index (κ3) is 2.65. The fraction of sp³-hybridized carbons (Fsp3) is 0.300. The largest absolute Gasteiger partial charge is 0.468 e. The van der Waals surface area contributed by atoms with Gasteiger partial charge in [0.1, 0.15) is 0 Å². The monoisotopic (exact) mass is 273 g/mol. The molecule has 1 rings (SSSR count). The second-order valence-corrected chi connectivity index (χ2v) is 5.73. The van der Waals surface area contributed by atoms with Gasteiger partial charge in [0, 0.05) is 12.1 Å². The van der Waals surface area contributed by atoms with Gasteiger partial charge < -0.3 is 4.74 Å². The summed E-state index contributed by atoms with van der Waals surface area (Å²) in [6, 6.07) is 4.52. The van der Waals surface area contributed by atoms with Crippen LogP contribution in [0.2, 0.25) is 0 Å². The zero-order valence-electron chi connectivity index (χ0n) is 9.69. The van der Waals surface area contributed by atoms with E-state index < -0.39 is 26.0 Å². The molecule has 8 heteroatoms. The number of hydrogen-bond acceptors (Lipinski definition) is 6. The minimum absolute atomic E-state index is 0.283. The second-order valence-electron chi connectivity index (χ2n) is 3.46. The molecular weight excluding hydrogens is 262 g/mol. The predicted molar refractivity (Wildman–Crippen MR) is 61.8 cm³/mol. The van der Waals surface area contributed by atoms with Gasteiger partial charge in [-0.15, -0.1) is 0 Å². The van der Waals surface area contributed by atoms with Crippen LogP contribution in [0.25, 0.3) is 0 Å². The van der Waals surface area contributed by atoms with Crippen molar-refractivity contribution in [2.45, 2.75) is 17.1 Å². The summed E-state index contributed by atoms with van der Waals surface area (Å²) in [4.78, 5) is 20.8. The van der Waals surface area contributed by atoms with Crippen molar-refractivity contribution in [3.05, 3.63) is 34.4 Å². The lowest BCUT2D eigenvalue weighted by Gasteiger charge is -2.10. The number of carbonyl (C=O) groups excluding carboxylic acids is 1. The van der Waals surface area contributed by atoms with Crippen molar-refractivity contribution in [1.29, 1.82) is 0 Å². The van der Waals surface area contributed by atoms with E-state index in [4.69, 9.17) is 0 Å². The molecule has 0 bridgehead atoms. The molecule has 0 saturated heterocycles. The quantitative estimate of drug-likeness (QED) is 0.459. The van der Waals surface area contributed by atoms with Gasteiger partial charge in [0.2, 0.25) is 0 Å². The zero-order valence-corrected chi connectivity index (χ0v) is 10.5. The van der Waals surface area contributed by atoms with E-state index in [1.54, 1.807) is 0 Å². The summed E-state index contributed by atoms with van der Waals surface area (Å²) in [5.74, 6) is -0.915. The molecule has 18 heavy (non-hydrogen) atoms. The third-order valence-electron chi connectivity index (χ3n) is 2.36. The first-order valence-corrected chi connectivity index (χ1v) is 6.41. The first kappa shape index (κ1) is 14.1. The standard InChI is InChI=1S/C10H11NO6S/c1-7(10(12)17-2)18(15,16)9-5-3-4-8(6-9)11(13)14/h3-7H,1-2H3. The van der Waals surface area contributed by atoms with Crippen LogP contribution in [0.15, 0.2) is 29.2 Å². The maximum atomic E-state index is 12.0. The van der Waals surface area contributed by atoms with Crippen LogP contribution in [0.3, 0.4) is 0 Å². The Morgan fingerprint density at radius 2 is 2.06 bits per heavy atom. The third-order valence-corrected chi connectivity index (χ3v) is 4.39. The average Bonchev–Trinajstić information content (AvgIpc) is 2.36. The van der Waals surface area contributed by atoms with Gasteiger partial charge in [-0.25, -0.2) is 8.42 Å². The minimum Gasteiger partial charge on any atom is -0.468 e. The highest BCUT2D eigenvalue weighted by atomic mass is 32.2. The van der Waals surface area contributed by atoms with E-state index in [1.165, 1.54) is 25.1 Å². The van der Waals surface area contributed by atoms with Gasteiger partial charge in [-0.2, -0.15) is 0 Å². The Morgan fingerprint density at radius 3 is 2.56 bits per heavy atom. The van der Waals surface area contributed by atoms with Crippen molar-refractivity contribution in [2.24, 2.45) is 0 Å². The molecular formula is C10H11NO6S. The molecule has 0 aliphatic heterocycles. The number of nitrogens with zero attached hydrogens (tertiary/aromatic N) is 1. The number of non-ortho nitro benzene ring substituents is 1. The number of esters is 1. The van der Waals surface area contributed by atoms with Crippen molar-refractivity contribution in [3.63, 3.8) is 0 Å². The van der Waals surface area contributed by atoms with E-state index in [2.05, 4.69) is 4.74 Å². The molecule has 1 unspecified atom stereocenters. The summed E-state index contributed by atoms with van der Waals surface area (Å²) in [5.41, 5.74) is -0.354. The van der Waals surface area contributed by atoms with Crippen LogP contribution < -0.4 is 0 Å². The molecule has 7 nitrogen and oxygen atoms in total. The van der Waals surface area contributed by atoms with Crippen LogP contribution in [-0.4, -0.2) is 31.7 Å². The first-order chi connectivity index (χ1) is 8.30. The van der Waals surface area contributed by atoms with E-state index in [0.29, 0.717) is 0 Å². The topological polar surface area (TPSA) is 104 Å². The van der Waals surface area contributed by atoms with Crippen LogP contribution in [0.4, 0.5) is 5.69 Å². The maximum Gasteiger partial charge on any atom is 0.324 e. The predicted octanol–water partition coefficient (Wildman–Crippen LogP) is 0.930. The van der Waals surface area contributed by atoms with E-state index in [-0.39, 0.29) is 10.6 Å². The fourth-order valence-electron chi connectivity index (χ4n) is 1.27. The number of nitro benzene ring substituents is 1. The molecule has 98 valence electrons. The lowest BCUT2D eigenvalue weighted by Crippen LogP contribution is -2.28. The molecule has 1 atom stereocenters. The molecule has 0 saturated carbocycles. The summed E-state index contributed by atoms with van der Waals surface area (Å²) >= 11 is 0. The normalized spacial score (nSPS) is 12.8. The highest BCUT2D eigenvalue weighted by Crippen LogP contribution is 2.21. The van der Waals surface area contributed by atoms with E-state index in [1.807, 2.05) is 0 Å². The smallest absolute Gasteiger partial charge is 0.324 e. The highest BCUT2D eigenvalue weighted by molar-refractivity contribution is 7.92. The zero-order chi connectivity index (χ0) is 13.9. The Labute approximate surface area is 103 Å². The first-order valence-electron chi connectivity index (χ1n) is 4.87. The van der Waals surface area contributed by atoms with Crippen LogP contribution in [-0.2, 0) is 19.4 Å². The Balaban J connectivity index is 3.25. The van der Waals surface area contributed by atoms with Gasteiger partial charge in [0.15, 0.2) is 15.1 Å². The van der Waals surface area contributed by atoms with Gasteiger partial charge in [-0.1, -0.05) is 6.07 Å². The summed E-state index contributed by atoms with van der Waals surface area (Å²) < 4.78 is 28.3. The molecule has 0 N–H and O–H groups in total. The van der Waals surface area contributed by atoms with Gasteiger partial charge in [0.25, 0.3) is 5.69 Å². The number of methoxy groups -OCH3 is 1. The van der Waals surface area contributed by atoms with Gasteiger partial charge >= 0.3 is 5.97 Å². The van der Waals surface area contributed by atoms with Crippen molar-refractivity contribution in [2.75, 3.05) is 7.11 Å². The van der Waals surface area contributed by atoms with Crippen LogP contribution in [0.5, 0.6) is 0 Å². The van der Waals surface area contributed by atoms with Crippen molar-refractivity contribution in [1.82, 2.24) is 0 Å². The van der Waals surface area contributed by atoms with Crippen LogP contribution in [0, 0.1) is 10.1 Å². The van der Waals surface area contributed by atoms with Gasteiger partial charge in [-0.3, -0.25) is 14.9 Å². The number of hydrogen-bond donors (Lipinski definition) is 0. The van der Waals surface area contributed by atoms with Crippen LogP contribution >= 0.6 is 0 Å². The van der Waals surface area contributed by atoms with E-state index >= 15 is 0 Å². The van der Waals surface area contributed by atoms with E-state index in [9.17, 15) is 23.3 Å². The number of sulfone groups is 1. The van der Waals surface area contributed by atoms with Crippen molar-refractivity contribution < 1.29 is 22.9 Å². The molecule has 0 amide bonds. The molecule has 0 aromatic heterocycles. The maximum absolute atomic E-state index is 12.0. The molecule has 0 radical (unpaired) electrons. The summed E-state index contributed by atoms with van der Waals surface area (Å²) in [6.07, 6.45) is 0. The Kier molecular flexibility index (Phi) is 4.02. The average molecular weight is 273 g/mol. The number of nitro groups is 1. The molecule has 0 heterocycles. The Morgan fingerprint density at radius 1 is 1.44 bits per heavy atom. The molecule has 0 aliphatic rings. The van der Waals surface area contributed by atoms with Gasteiger partial charge in [0.05, 0.1) is 16.9 Å². The molecule has 0 fully saturated rings. The summed E-state index contributed by atoms with van der Waals surface area (Å²) in [6.45, 7) is 1.17. The minimum atomic E-state index is -3.99. The van der Waals surface area contributed by atoms with Crippen molar-refractivity contribution in [3.8, 4) is 0 Å². The lowest BCUT2D eigenvalue weighted by atomic mass is 10.3.